The van der Waals surface area contributed by atoms with Crippen LogP contribution >= 0.6 is 12.2 Å². The van der Waals surface area contributed by atoms with Crippen LogP contribution in [0.2, 0.25) is 0 Å². The van der Waals surface area contributed by atoms with E-state index in [-0.39, 0.29) is 11.2 Å². The van der Waals surface area contributed by atoms with E-state index in [1.165, 1.54) is 18.6 Å². The normalized spacial score (nSPS) is 15.8. The third-order valence-electron chi connectivity index (χ3n) is 5.85. The molecule has 0 aliphatic heterocycles. The first-order valence-electron chi connectivity index (χ1n) is 10.5. The van der Waals surface area contributed by atoms with Gasteiger partial charge in [0.1, 0.15) is 5.82 Å². The molecule has 1 saturated carbocycles. The molecule has 0 amide bonds. The van der Waals surface area contributed by atoms with Crippen molar-refractivity contribution >= 4 is 34.1 Å². The van der Waals surface area contributed by atoms with Crippen molar-refractivity contribution in [3.8, 4) is 11.4 Å². The summed E-state index contributed by atoms with van der Waals surface area (Å²) in [5, 5.41) is 4.25. The minimum absolute atomic E-state index is 0.0802. The molecule has 2 aromatic carbocycles. The van der Waals surface area contributed by atoms with Gasteiger partial charge in [0, 0.05) is 11.6 Å². The van der Waals surface area contributed by atoms with Gasteiger partial charge in [0.15, 0.2) is 5.11 Å². The molecule has 0 bridgehead atoms. The molecule has 9 heteroatoms. The Labute approximate surface area is 189 Å². The Morgan fingerprint density at radius 2 is 1.81 bits per heavy atom. The first kappa shape index (κ1) is 22.3. The molecule has 4 rings (SSSR count). The van der Waals surface area contributed by atoms with Crippen LogP contribution in [0.1, 0.15) is 56.2 Å². The number of halogens is 3. The van der Waals surface area contributed by atoms with Crippen molar-refractivity contribution in [2.24, 2.45) is 10.8 Å². The van der Waals surface area contributed by atoms with Gasteiger partial charge < -0.3 is 10.3 Å². The summed E-state index contributed by atoms with van der Waals surface area (Å²) >= 11 is 4.79. The summed E-state index contributed by atoms with van der Waals surface area (Å²) in [6.07, 6.45) is 1.15. The largest absolute Gasteiger partial charge is 0.416 e. The summed E-state index contributed by atoms with van der Waals surface area (Å²) in [7, 11) is 0. The van der Waals surface area contributed by atoms with Crippen molar-refractivity contribution in [1.29, 1.82) is 0 Å². The average molecular weight is 460 g/mol. The molecule has 0 atom stereocenters. The minimum atomic E-state index is -4.37. The van der Waals surface area contributed by atoms with E-state index >= 15 is 0 Å². The first-order valence-corrected chi connectivity index (χ1v) is 10.9. The molecule has 1 aromatic heterocycles. The molecule has 1 aliphatic rings. The average Bonchev–Trinajstić information content (AvgIpc) is 3.16. The van der Waals surface area contributed by atoms with Crippen LogP contribution in [-0.4, -0.2) is 20.4 Å². The maximum atomic E-state index is 13.0. The highest BCUT2D eigenvalue weighted by Gasteiger charge is 2.30. The van der Waals surface area contributed by atoms with Crippen LogP contribution < -0.4 is 11.2 Å². The maximum absolute atomic E-state index is 13.0. The number of aromatic nitrogens is 2. The number of fused-ring (bicyclic) bond motifs is 1. The second kappa shape index (κ2) is 8.90. The Kier molecular flexibility index (Phi) is 6.19. The third-order valence-corrected chi connectivity index (χ3v) is 5.94. The van der Waals surface area contributed by atoms with E-state index in [9.17, 15) is 13.2 Å². The fraction of sp³-hybridized carbons (Fsp3) is 0.348. The lowest BCUT2D eigenvalue weighted by Gasteiger charge is -2.25. The fourth-order valence-corrected chi connectivity index (χ4v) is 4.29. The summed E-state index contributed by atoms with van der Waals surface area (Å²) in [5.74, 6) is 0.689. The fourth-order valence-electron chi connectivity index (χ4n) is 4.25. The minimum Gasteiger partial charge on any atom is -0.375 e. The van der Waals surface area contributed by atoms with E-state index in [4.69, 9.17) is 22.9 Å². The highest BCUT2D eigenvalue weighted by atomic mass is 32.1. The molecule has 1 heterocycles. The molecule has 3 aromatic rings. The number of hydrogen-bond donors (Lipinski definition) is 2. The Hall–Kier alpha value is -2.94. The van der Waals surface area contributed by atoms with Gasteiger partial charge in [0.2, 0.25) is 0 Å². The van der Waals surface area contributed by atoms with Crippen LogP contribution in [-0.2, 0) is 6.18 Å². The van der Waals surface area contributed by atoms with Gasteiger partial charge in [-0.1, -0.05) is 37.5 Å². The van der Waals surface area contributed by atoms with Gasteiger partial charge in [-0.3, -0.25) is 5.43 Å². The van der Waals surface area contributed by atoms with E-state index < -0.39 is 11.7 Å². The second-order valence-corrected chi connectivity index (χ2v) is 8.49. The number of hydrazone groups is 1. The van der Waals surface area contributed by atoms with E-state index in [2.05, 4.69) is 15.1 Å². The number of thiocarbonyl (C=S) groups is 1. The van der Waals surface area contributed by atoms with Crippen molar-refractivity contribution in [2.45, 2.75) is 51.2 Å². The Morgan fingerprint density at radius 3 is 2.44 bits per heavy atom. The molecule has 1 aliphatic carbocycles. The summed E-state index contributed by atoms with van der Waals surface area (Å²) in [4.78, 5) is 4.84. The predicted molar refractivity (Wildman–Crippen MR) is 124 cm³/mol. The molecular formula is C23H24F3N5S. The van der Waals surface area contributed by atoms with Crippen LogP contribution in [0.4, 0.5) is 13.2 Å². The second-order valence-electron chi connectivity index (χ2n) is 8.05. The SMILES string of the molecule is C/C(=N/NC(N)=S)c1ccc2c(c1)nc(-c1ccc(C(F)(F)F)cc1)n2C1CCCCC1. The van der Waals surface area contributed by atoms with Crippen LogP contribution in [0, 0.1) is 0 Å². The van der Waals surface area contributed by atoms with Gasteiger partial charge in [-0.2, -0.15) is 18.3 Å². The predicted octanol–water partition coefficient (Wildman–Crippen LogP) is 5.78. The molecule has 0 spiro atoms. The molecule has 3 N–H and O–H groups in total. The molecule has 32 heavy (non-hydrogen) atoms. The highest BCUT2D eigenvalue weighted by Crippen LogP contribution is 2.37. The lowest BCUT2D eigenvalue weighted by atomic mass is 9.94. The first-order chi connectivity index (χ1) is 15.2. The lowest BCUT2D eigenvalue weighted by molar-refractivity contribution is -0.137. The van der Waals surface area contributed by atoms with Crippen LogP contribution in [0.15, 0.2) is 47.6 Å². The Morgan fingerprint density at radius 1 is 1.12 bits per heavy atom. The smallest absolute Gasteiger partial charge is 0.375 e. The number of nitrogens with zero attached hydrogens (tertiary/aromatic N) is 3. The van der Waals surface area contributed by atoms with Gasteiger partial charge in [0.05, 0.1) is 22.3 Å². The summed E-state index contributed by atoms with van der Waals surface area (Å²) in [6, 6.07) is 11.4. The highest BCUT2D eigenvalue weighted by molar-refractivity contribution is 7.80. The zero-order valence-corrected chi connectivity index (χ0v) is 18.4. The Bertz CT molecular complexity index is 1160. The molecule has 0 unspecified atom stereocenters. The maximum Gasteiger partial charge on any atom is 0.416 e. The van der Waals surface area contributed by atoms with Crippen LogP contribution in [0.3, 0.4) is 0 Å². The molecule has 5 nitrogen and oxygen atoms in total. The number of rotatable bonds is 4. The lowest BCUT2D eigenvalue weighted by Crippen LogP contribution is -2.25. The Balaban J connectivity index is 1.81. The zero-order valence-electron chi connectivity index (χ0n) is 17.6. The van der Waals surface area contributed by atoms with Crippen molar-refractivity contribution < 1.29 is 13.2 Å². The van der Waals surface area contributed by atoms with Gasteiger partial charge in [-0.15, -0.1) is 0 Å². The van der Waals surface area contributed by atoms with Gasteiger partial charge in [-0.05, 0) is 61.8 Å². The number of nitrogens with one attached hydrogen (secondary N) is 1. The third kappa shape index (κ3) is 4.62. The molecule has 168 valence electrons. The van der Waals surface area contributed by atoms with Crippen molar-refractivity contribution in [2.75, 3.05) is 0 Å². The van der Waals surface area contributed by atoms with Gasteiger partial charge >= 0.3 is 6.18 Å². The van der Waals surface area contributed by atoms with Crippen LogP contribution in [0.25, 0.3) is 22.4 Å². The number of nitrogens with two attached hydrogens (primary N) is 1. The molecule has 0 saturated heterocycles. The van der Waals surface area contributed by atoms with Gasteiger partial charge in [0.25, 0.3) is 0 Å². The quantitative estimate of drug-likeness (QED) is 0.295. The van der Waals surface area contributed by atoms with Crippen molar-refractivity contribution in [3.63, 3.8) is 0 Å². The molecule has 0 radical (unpaired) electrons. The van der Waals surface area contributed by atoms with Gasteiger partial charge in [-0.25, -0.2) is 4.98 Å². The van der Waals surface area contributed by atoms with Crippen molar-refractivity contribution in [3.05, 3.63) is 53.6 Å². The van der Waals surface area contributed by atoms with Crippen molar-refractivity contribution in [1.82, 2.24) is 15.0 Å². The number of hydrogen-bond acceptors (Lipinski definition) is 3. The number of alkyl halides is 3. The molecule has 1 fully saturated rings. The van der Waals surface area contributed by atoms with E-state index in [0.29, 0.717) is 17.1 Å². The molecular weight excluding hydrogens is 435 g/mol. The summed E-state index contributed by atoms with van der Waals surface area (Å²) in [6.45, 7) is 1.83. The zero-order chi connectivity index (χ0) is 22.9. The standard InChI is InChI=1S/C23H24F3N5S/c1-14(29-30-22(27)32)16-9-12-20-19(13-16)28-21(31(20)18-5-3-2-4-6-18)15-7-10-17(11-8-15)23(24,25)26/h7-13,18H,2-6H2,1H3,(H3,27,30,32)/b29-14-. The summed E-state index contributed by atoms with van der Waals surface area (Å²) < 4.78 is 41.3. The van der Waals surface area contributed by atoms with E-state index in [1.54, 1.807) is 0 Å². The number of benzene rings is 2. The van der Waals surface area contributed by atoms with E-state index in [0.717, 1.165) is 54.4 Å². The van der Waals surface area contributed by atoms with E-state index in [1.807, 2.05) is 25.1 Å². The number of imidazole rings is 1. The summed E-state index contributed by atoms with van der Waals surface area (Å²) in [5.41, 5.74) is 11.3. The monoisotopic (exact) mass is 459 g/mol. The van der Waals surface area contributed by atoms with Crippen LogP contribution in [0.5, 0.6) is 0 Å². The topological polar surface area (TPSA) is 68.2 Å².